The fourth-order valence-electron chi connectivity index (χ4n) is 6.39. The number of nitrogens with two attached hydrogens (primary N) is 1. The molecule has 0 radical (unpaired) electrons. The number of allylic oxidation sites excluding steroid dienone is 1. The number of fused-ring (bicyclic) bond motifs is 1. The fraction of sp³-hybridized carbons (Fsp3) is 0.459. The molecule has 3 aromatic rings. The number of aromatic amines is 1. The molecular weight excluding hydrogens is 590 g/mol. The SMILES string of the molecule is C=C(CCCC1CCC(CNC(=O)[C@H](Cc2c[nH]c3ccccc23)NC(=O)[C@H](C)NC(C)=O)CC1)N=C(c1ccccc1N)N(C)C. The van der Waals surface area contributed by atoms with Gasteiger partial charge in [-0.15, -0.1) is 0 Å². The van der Waals surface area contributed by atoms with E-state index in [0.717, 1.165) is 78.5 Å². The largest absolute Gasteiger partial charge is 0.398 e. The lowest BCUT2D eigenvalue weighted by Gasteiger charge is -2.29. The third kappa shape index (κ3) is 10.2. The number of hydrogen-bond acceptors (Lipinski definition) is 5. The van der Waals surface area contributed by atoms with Gasteiger partial charge in [0.1, 0.15) is 17.9 Å². The van der Waals surface area contributed by atoms with Gasteiger partial charge in [0.15, 0.2) is 0 Å². The standard InChI is InChI=1S/C37H51N7O3/c1-24(41-35(44(4)5)31-14-6-8-15-32(31)38)11-10-12-27-17-19-28(20-18-27)22-40-37(47)34(43-36(46)25(2)42-26(3)45)21-29-23-39-33-16-9-7-13-30(29)33/h6-9,13-16,23,25,27-28,34,39H,1,10-12,17-22,38H2,2-5H3,(H,40,47)(H,42,45)(H,43,46)/t25-,27?,28?,34-/m0/s1. The second kappa shape index (κ2) is 16.8. The molecule has 252 valence electrons. The number of benzene rings is 2. The number of amides is 3. The van der Waals surface area contributed by atoms with E-state index in [0.29, 0.717) is 30.5 Å². The van der Waals surface area contributed by atoms with Crippen molar-refractivity contribution in [1.29, 1.82) is 0 Å². The molecule has 47 heavy (non-hydrogen) atoms. The van der Waals surface area contributed by atoms with E-state index in [2.05, 4.69) is 27.5 Å². The number of aliphatic imine (C=N–C) groups is 1. The van der Waals surface area contributed by atoms with Gasteiger partial charge in [-0.25, -0.2) is 4.99 Å². The van der Waals surface area contributed by atoms with E-state index >= 15 is 0 Å². The van der Waals surface area contributed by atoms with Crippen LogP contribution in [0.3, 0.4) is 0 Å². The van der Waals surface area contributed by atoms with Gasteiger partial charge in [-0.1, -0.05) is 56.2 Å². The van der Waals surface area contributed by atoms with Crippen molar-refractivity contribution < 1.29 is 14.4 Å². The Hall–Kier alpha value is -4.60. The van der Waals surface area contributed by atoms with E-state index < -0.39 is 18.0 Å². The van der Waals surface area contributed by atoms with Gasteiger partial charge in [-0.05, 0) is 68.2 Å². The van der Waals surface area contributed by atoms with Crippen LogP contribution in [0.25, 0.3) is 10.9 Å². The molecule has 2 atom stereocenters. The number of hydrogen-bond donors (Lipinski definition) is 5. The van der Waals surface area contributed by atoms with E-state index in [-0.39, 0.29) is 11.8 Å². The van der Waals surface area contributed by atoms with Crippen LogP contribution in [0.1, 0.15) is 69.9 Å². The van der Waals surface area contributed by atoms with E-state index in [9.17, 15) is 14.4 Å². The number of rotatable bonds is 14. The second-order valence-corrected chi connectivity index (χ2v) is 13.1. The summed E-state index contributed by atoms with van der Waals surface area (Å²) in [7, 11) is 3.93. The second-order valence-electron chi connectivity index (χ2n) is 13.1. The number of nitrogen functional groups attached to an aromatic ring is 1. The first-order valence-electron chi connectivity index (χ1n) is 16.7. The predicted molar refractivity (Wildman–Crippen MR) is 190 cm³/mol. The van der Waals surface area contributed by atoms with Crippen LogP contribution >= 0.6 is 0 Å². The van der Waals surface area contributed by atoms with Gasteiger partial charge in [-0.2, -0.15) is 0 Å². The minimum Gasteiger partial charge on any atom is -0.398 e. The Morgan fingerprint density at radius 1 is 1.00 bits per heavy atom. The monoisotopic (exact) mass is 641 g/mol. The predicted octanol–water partition coefficient (Wildman–Crippen LogP) is 4.92. The minimum absolute atomic E-state index is 0.214. The number of nitrogens with zero attached hydrogens (tertiary/aromatic N) is 2. The zero-order valence-corrected chi connectivity index (χ0v) is 28.3. The lowest BCUT2D eigenvalue weighted by molar-refractivity contribution is -0.131. The molecule has 10 nitrogen and oxygen atoms in total. The lowest BCUT2D eigenvalue weighted by Crippen LogP contribution is -2.53. The molecule has 1 fully saturated rings. The van der Waals surface area contributed by atoms with Gasteiger partial charge >= 0.3 is 0 Å². The van der Waals surface area contributed by atoms with Crippen molar-refractivity contribution in [2.75, 3.05) is 26.4 Å². The van der Waals surface area contributed by atoms with Crippen molar-refractivity contribution in [3.05, 3.63) is 78.1 Å². The Labute approximate surface area is 278 Å². The molecule has 0 spiro atoms. The molecule has 6 N–H and O–H groups in total. The Morgan fingerprint density at radius 2 is 1.68 bits per heavy atom. The number of H-pyrrole nitrogens is 1. The number of carbonyl (C=O) groups excluding carboxylic acids is 3. The number of aromatic nitrogens is 1. The molecular formula is C37H51N7O3. The quantitative estimate of drug-likeness (QED) is 0.0965. The number of nitrogens with one attached hydrogen (secondary N) is 4. The summed E-state index contributed by atoms with van der Waals surface area (Å²) < 4.78 is 0. The topological polar surface area (TPSA) is 145 Å². The molecule has 4 rings (SSSR count). The summed E-state index contributed by atoms with van der Waals surface area (Å²) in [6.45, 7) is 7.77. The summed E-state index contributed by atoms with van der Waals surface area (Å²) in [4.78, 5) is 47.9. The highest BCUT2D eigenvalue weighted by Gasteiger charge is 2.27. The minimum atomic E-state index is -0.767. The van der Waals surface area contributed by atoms with Crippen LogP contribution in [0.4, 0.5) is 5.69 Å². The lowest BCUT2D eigenvalue weighted by atomic mass is 9.79. The maximum Gasteiger partial charge on any atom is 0.242 e. The molecule has 1 saturated carbocycles. The van der Waals surface area contributed by atoms with E-state index in [4.69, 9.17) is 10.7 Å². The Bertz CT molecular complexity index is 1570. The third-order valence-corrected chi connectivity index (χ3v) is 9.04. The highest BCUT2D eigenvalue weighted by atomic mass is 16.2. The molecule has 1 aromatic heterocycles. The van der Waals surface area contributed by atoms with Gasteiger partial charge < -0.3 is 31.6 Å². The van der Waals surface area contributed by atoms with Crippen molar-refractivity contribution >= 4 is 40.1 Å². The summed E-state index contributed by atoms with van der Waals surface area (Å²) in [5.41, 5.74) is 10.6. The first-order valence-corrected chi connectivity index (χ1v) is 16.7. The highest BCUT2D eigenvalue weighted by molar-refractivity contribution is 6.03. The van der Waals surface area contributed by atoms with Crippen LogP contribution in [0.2, 0.25) is 0 Å². The third-order valence-electron chi connectivity index (χ3n) is 9.04. The van der Waals surface area contributed by atoms with Crippen molar-refractivity contribution in [1.82, 2.24) is 25.8 Å². The van der Waals surface area contributed by atoms with Gasteiger partial charge in [0.25, 0.3) is 0 Å². The van der Waals surface area contributed by atoms with Crippen molar-refractivity contribution in [2.24, 2.45) is 16.8 Å². The molecule has 0 bridgehead atoms. The summed E-state index contributed by atoms with van der Waals surface area (Å²) >= 11 is 0. The molecule has 1 heterocycles. The number of para-hydroxylation sites is 2. The average Bonchev–Trinajstić information content (AvgIpc) is 3.45. The number of amidine groups is 1. The van der Waals surface area contributed by atoms with Gasteiger partial charge in [0.05, 0.1) is 0 Å². The summed E-state index contributed by atoms with van der Waals surface area (Å²) in [6.07, 6.45) is 9.59. The molecule has 1 aliphatic rings. The van der Waals surface area contributed by atoms with Crippen molar-refractivity contribution in [3.63, 3.8) is 0 Å². The average molecular weight is 642 g/mol. The van der Waals surface area contributed by atoms with Gasteiger partial charge in [0, 0.05) is 68.0 Å². The zero-order valence-electron chi connectivity index (χ0n) is 28.3. The van der Waals surface area contributed by atoms with Gasteiger partial charge in [-0.3, -0.25) is 14.4 Å². The highest BCUT2D eigenvalue weighted by Crippen LogP contribution is 2.32. The molecule has 10 heteroatoms. The van der Waals surface area contributed by atoms with Gasteiger partial charge in [0.2, 0.25) is 17.7 Å². The molecule has 3 amide bonds. The fourth-order valence-corrected chi connectivity index (χ4v) is 6.39. The Morgan fingerprint density at radius 3 is 2.38 bits per heavy atom. The number of anilines is 1. The van der Waals surface area contributed by atoms with Crippen molar-refractivity contribution in [3.8, 4) is 0 Å². The molecule has 0 unspecified atom stereocenters. The van der Waals surface area contributed by atoms with Crippen LogP contribution in [0, 0.1) is 11.8 Å². The van der Waals surface area contributed by atoms with Crippen LogP contribution in [0.5, 0.6) is 0 Å². The van der Waals surface area contributed by atoms with Crippen LogP contribution in [0.15, 0.2) is 72.0 Å². The Balaban J connectivity index is 1.25. The first-order chi connectivity index (χ1) is 22.5. The van der Waals surface area contributed by atoms with Crippen LogP contribution < -0.4 is 21.7 Å². The molecule has 1 aliphatic carbocycles. The van der Waals surface area contributed by atoms with Crippen LogP contribution in [-0.2, 0) is 20.8 Å². The van der Waals surface area contributed by atoms with Crippen molar-refractivity contribution in [2.45, 2.75) is 77.3 Å². The first kappa shape index (κ1) is 35.3. The summed E-state index contributed by atoms with van der Waals surface area (Å²) in [5.74, 6) is 0.968. The van der Waals surface area contributed by atoms with E-state index in [1.54, 1.807) is 6.92 Å². The Kier molecular flexibility index (Phi) is 12.6. The molecule has 0 aliphatic heterocycles. The van der Waals surface area contributed by atoms with E-state index in [1.807, 2.05) is 73.7 Å². The van der Waals surface area contributed by atoms with E-state index in [1.165, 1.54) is 6.92 Å². The maximum atomic E-state index is 13.5. The maximum absolute atomic E-state index is 13.5. The molecule has 0 saturated heterocycles. The van der Waals surface area contributed by atoms with Crippen LogP contribution in [-0.4, -0.2) is 66.2 Å². The normalized spacial score (nSPS) is 17.8. The smallest absolute Gasteiger partial charge is 0.242 e. The summed E-state index contributed by atoms with van der Waals surface area (Å²) in [5, 5.41) is 9.62. The zero-order chi connectivity index (χ0) is 33.9. The summed E-state index contributed by atoms with van der Waals surface area (Å²) in [6, 6.07) is 14.1. The number of carbonyl (C=O) groups is 3. The molecule has 2 aromatic carbocycles.